The van der Waals surface area contributed by atoms with Gasteiger partial charge in [0.1, 0.15) is 11.4 Å². The van der Waals surface area contributed by atoms with Crippen LogP contribution < -0.4 is 4.74 Å². The molecule has 1 amide bonds. The maximum atomic E-state index is 12.7. The number of hydrogen-bond acceptors (Lipinski definition) is 4. The van der Waals surface area contributed by atoms with Crippen LogP contribution in [0.25, 0.3) is 5.69 Å². The fraction of sp³-hybridized carbons (Fsp3) is 0.316. The lowest BCUT2D eigenvalue weighted by molar-refractivity contribution is 0.0497. The van der Waals surface area contributed by atoms with Crippen LogP contribution in [0.4, 0.5) is 0 Å². The van der Waals surface area contributed by atoms with Crippen LogP contribution in [0.2, 0.25) is 0 Å². The van der Waals surface area contributed by atoms with Gasteiger partial charge in [-0.2, -0.15) is 10.2 Å². The Morgan fingerprint density at radius 1 is 1.23 bits per heavy atom. The molecule has 0 bridgehead atoms. The van der Waals surface area contributed by atoms with Crippen molar-refractivity contribution in [1.29, 1.82) is 0 Å². The fourth-order valence-electron chi connectivity index (χ4n) is 3.36. The number of aromatic nitrogens is 4. The summed E-state index contributed by atoms with van der Waals surface area (Å²) in [4.78, 5) is 14.5. The van der Waals surface area contributed by atoms with Gasteiger partial charge in [-0.05, 0) is 32.0 Å². The van der Waals surface area contributed by atoms with Gasteiger partial charge >= 0.3 is 0 Å². The van der Waals surface area contributed by atoms with Gasteiger partial charge in [-0.15, -0.1) is 0 Å². The van der Waals surface area contributed by atoms with Gasteiger partial charge in [-0.1, -0.05) is 12.1 Å². The van der Waals surface area contributed by atoms with E-state index < -0.39 is 0 Å². The number of carbonyl (C=O) groups excluding carboxylic acids is 1. The van der Waals surface area contributed by atoms with Crippen molar-refractivity contribution in [1.82, 2.24) is 24.5 Å². The van der Waals surface area contributed by atoms with Gasteiger partial charge in [0.2, 0.25) is 0 Å². The SMILES string of the molecule is COc1ccccc1-n1cc(C(=O)N2CC(n3nc(C)cc3C)C2)cn1. The molecule has 4 rings (SSSR count). The summed E-state index contributed by atoms with van der Waals surface area (Å²) in [6.07, 6.45) is 3.35. The Morgan fingerprint density at radius 2 is 2.00 bits per heavy atom. The van der Waals surface area contributed by atoms with E-state index in [1.54, 1.807) is 24.2 Å². The molecule has 3 aromatic rings. The first kappa shape index (κ1) is 16.4. The van der Waals surface area contributed by atoms with Crippen LogP contribution in [-0.4, -0.2) is 50.6 Å². The van der Waals surface area contributed by atoms with Crippen molar-refractivity contribution in [2.75, 3.05) is 20.2 Å². The first-order chi connectivity index (χ1) is 12.6. The number of benzene rings is 1. The van der Waals surface area contributed by atoms with Gasteiger partial charge < -0.3 is 9.64 Å². The third-order valence-corrected chi connectivity index (χ3v) is 4.70. The minimum Gasteiger partial charge on any atom is -0.494 e. The molecule has 1 aliphatic heterocycles. The van der Waals surface area contributed by atoms with E-state index in [4.69, 9.17) is 4.74 Å². The Balaban J connectivity index is 1.47. The molecule has 0 saturated carbocycles. The maximum absolute atomic E-state index is 12.7. The summed E-state index contributed by atoms with van der Waals surface area (Å²) in [6, 6.07) is 9.89. The average Bonchev–Trinajstić information content (AvgIpc) is 3.20. The zero-order valence-corrected chi connectivity index (χ0v) is 15.1. The lowest BCUT2D eigenvalue weighted by Gasteiger charge is -2.39. The second kappa shape index (κ2) is 6.33. The highest BCUT2D eigenvalue weighted by Gasteiger charge is 2.34. The molecular weight excluding hydrogens is 330 g/mol. The lowest BCUT2D eigenvalue weighted by Crippen LogP contribution is -2.51. The van der Waals surface area contributed by atoms with E-state index in [0.29, 0.717) is 24.4 Å². The molecule has 0 N–H and O–H groups in total. The summed E-state index contributed by atoms with van der Waals surface area (Å²) in [5, 5.41) is 8.83. The van der Waals surface area contributed by atoms with E-state index in [2.05, 4.69) is 16.3 Å². The third-order valence-electron chi connectivity index (χ3n) is 4.70. The normalized spacial score (nSPS) is 14.3. The smallest absolute Gasteiger partial charge is 0.257 e. The second-order valence-electron chi connectivity index (χ2n) is 6.58. The summed E-state index contributed by atoms with van der Waals surface area (Å²) < 4.78 is 9.04. The van der Waals surface area contributed by atoms with Gasteiger partial charge in [0.25, 0.3) is 5.91 Å². The van der Waals surface area contributed by atoms with Crippen molar-refractivity contribution < 1.29 is 9.53 Å². The number of likely N-dealkylation sites (tertiary alicyclic amines) is 1. The quantitative estimate of drug-likeness (QED) is 0.724. The number of para-hydroxylation sites is 2. The average molecular weight is 351 g/mol. The first-order valence-corrected chi connectivity index (χ1v) is 8.57. The Kier molecular flexibility index (Phi) is 3.99. The molecule has 26 heavy (non-hydrogen) atoms. The summed E-state index contributed by atoms with van der Waals surface area (Å²) >= 11 is 0. The van der Waals surface area contributed by atoms with Gasteiger partial charge in [0.15, 0.2) is 0 Å². The van der Waals surface area contributed by atoms with Crippen molar-refractivity contribution in [2.24, 2.45) is 0 Å². The number of methoxy groups -OCH3 is 1. The van der Waals surface area contributed by atoms with E-state index in [9.17, 15) is 4.79 Å². The highest BCUT2D eigenvalue weighted by molar-refractivity contribution is 5.94. The van der Waals surface area contributed by atoms with Crippen molar-refractivity contribution in [3.05, 3.63) is 59.7 Å². The molecule has 0 spiro atoms. The second-order valence-corrected chi connectivity index (χ2v) is 6.58. The highest BCUT2D eigenvalue weighted by Crippen LogP contribution is 2.26. The zero-order chi connectivity index (χ0) is 18.3. The number of carbonyl (C=O) groups is 1. The molecule has 1 saturated heterocycles. The highest BCUT2D eigenvalue weighted by atomic mass is 16.5. The largest absolute Gasteiger partial charge is 0.494 e. The molecule has 1 aromatic carbocycles. The topological polar surface area (TPSA) is 65.2 Å². The van der Waals surface area contributed by atoms with Crippen LogP contribution in [-0.2, 0) is 0 Å². The van der Waals surface area contributed by atoms with Crippen molar-refractivity contribution >= 4 is 5.91 Å². The molecule has 3 heterocycles. The van der Waals surface area contributed by atoms with Crippen LogP contribution in [0.5, 0.6) is 5.75 Å². The Bertz CT molecular complexity index is 953. The van der Waals surface area contributed by atoms with E-state index in [1.165, 1.54) is 0 Å². The summed E-state index contributed by atoms with van der Waals surface area (Å²) in [7, 11) is 1.62. The number of amides is 1. The minimum atomic E-state index is -0.0103. The molecule has 1 aliphatic rings. The molecule has 1 fully saturated rings. The van der Waals surface area contributed by atoms with E-state index in [0.717, 1.165) is 17.1 Å². The predicted molar refractivity (Wildman–Crippen MR) is 96.8 cm³/mol. The first-order valence-electron chi connectivity index (χ1n) is 8.57. The van der Waals surface area contributed by atoms with Crippen LogP contribution in [0, 0.1) is 13.8 Å². The van der Waals surface area contributed by atoms with E-state index in [-0.39, 0.29) is 11.9 Å². The number of nitrogens with zero attached hydrogens (tertiary/aromatic N) is 5. The number of aryl methyl sites for hydroxylation is 2. The fourth-order valence-corrected chi connectivity index (χ4v) is 3.36. The zero-order valence-electron chi connectivity index (χ0n) is 15.1. The monoisotopic (exact) mass is 351 g/mol. The Labute approximate surface area is 151 Å². The van der Waals surface area contributed by atoms with Crippen LogP contribution >= 0.6 is 0 Å². The molecule has 7 heteroatoms. The molecule has 0 atom stereocenters. The maximum Gasteiger partial charge on any atom is 0.257 e. The molecule has 0 aliphatic carbocycles. The molecule has 0 radical (unpaired) electrons. The van der Waals surface area contributed by atoms with Crippen molar-refractivity contribution in [3.8, 4) is 11.4 Å². The van der Waals surface area contributed by atoms with Crippen LogP contribution in [0.15, 0.2) is 42.7 Å². The lowest BCUT2D eigenvalue weighted by atomic mass is 10.1. The summed E-state index contributed by atoms with van der Waals surface area (Å²) in [6.45, 7) is 5.36. The molecule has 0 unspecified atom stereocenters. The van der Waals surface area contributed by atoms with Crippen LogP contribution in [0.1, 0.15) is 27.8 Å². The number of rotatable bonds is 4. The van der Waals surface area contributed by atoms with E-state index >= 15 is 0 Å². The molecule has 7 nitrogen and oxygen atoms in total. The van der Waals surface area contributed by atoms with Crippen molar-refractivity contribution in [2.45, 2.75) is 19.9 Å². The Morgan fingerprint density at radius 3 is 2.69 bits per heavy atom. The van der Waals surface area contributed by atoms with Gasteiger partial charge in [0, 0.05) is 25.0 Å². The summed E-state index contributed by atoms with van der Waals surface area (Å²) in [5.41, 5.74) is 3.51. The van der Waals surface area contributed by atoms with E-state index in [1.807, 2.05) is 47.7 Å². The third kappa shape index (κ3) is 2.75. The summed E-state index contributed by atoms with van der Waals surface area (Å²) in [5.74, 6) is 0.701. The number of ether oxygens (including phenoxy) is 1. The standard InChI is InChI=1S/C19H21N5O2/c1-13-8-14(2)24(21-13)16-11-22(12-16)19(25)15-9-20-23(10-15)17-6-4-5-7-18(17)26-3/h4-10,16H,11-12H2,1-3H3. The Hall–Kier alpha value is -3.09. The predicted octanol–water partition coefficient (Wildman–Crippen LogP) is 2.39. The van der Waals surface area contributed by atoms with Gasteiger partial charge in [-0.3, -0.25) is 9.48 Å². The van der Waals surface area contributed by atoms with Crippen molar-refractivity contribution in [3.63, 3.8) is 0 Å². The van der Waals surface area contributed by atoms with Gasteiger partial charge in [0.05, 0.1) is 30.6 Å². The number of hydrogen-bond donors (Lipinski definition) is 0. The molecule has 134 valence electrons. The van der Waals surface area contributed by atoms with Crippen LogP contribution in [0.3, 0.4) is 0 Å². The molecular formula is C19H21N5O2. The van der Waals surface area contributed by atoms with Gasteiger partial charge in [-0.25, -0.2) is 4.68 Å². The minimum absolute atomic E-state index is 0.0103. The molecule has 2 aromatic heterocycles.